The van der Waals surface area contributed by atoms with E-state index in [9.17, 15) is 9.59 Å². The Balaban J connectivity index is 2.61. The van der Waals surface area contributed by atoms with Gasteiger partial charge in [-0.15, -0.1) is 0 Å². The van der Waals surface area contributed by atoms with Crippen LogP contribution in [0.4, 0.5) is 5.69 Å². The summed E-state index contributed by atoms with van der Waals surface area (Å²) in [5.41, 5.74) is 2.80. The highest BCUT2D eigenvalue weighted by Gasteiger charge is 2.23. The first kappa shape index (κ1) is 17.2. The third-order valence-corrected chi connectivity index (χ3v) is 3.63. The van der Waals surface area contributed by atoms with Gasteiger partial charge in [0.25, 0.3) is 0 Å². The van der Waals surface area contributed by atoms with Gasteiger partial charge < -0.3 is 10.4 Å². The third kappa shape index (κ3) is 5.19. The lowest BCUT2D eigenvalue weighted by Gasteiger charge is -2.20. The average Bonchev–Trinajstić information content (AvgIpc) is 2.42. The van der Waals surface area contributed by atoms with E-state index in [1.54, 1.807) is 0 Å². The van der Waals surface area contributed by atoms with Gasteiger partial charge in [-0.05, 0) is 37.0 Å². The highest BCUT2D eigenvalue weighted by molar-refractivity contribution is 5.93. The normalized spacial score (nSPS) is 13.5. The molecule has 1 amide bonds. The minimum atomic E-state index is -0.927. The lowest BCUT2D eigenvalue weighted by molar-refractivity contribution is -0.140. The minimum Gasteiger partial charge on any atom is -0.480 e. The van der Waals surface area contributed by atoms with Crippen LogP contribution in [0.5, 0.6) is 0 Å². The molecule has 0 unspecified atom stereocenters. The fraction of sp³-hybridized carbons (Fsp3) is 0.500. The molecule has 2 atom stereocenters. The molecule has 3 N–H and O–H groups in total. The molecule has 5 nitrogen and oxygen atoms in total. The van der Waals surface area contributed by atoms with Crippen LogP contribution in [0, 0.1) is 19.8 Å². The maximum absolute atomic E-state index is 11.9. The van der Waals surface area contributed by atoms with Crippen molar-refractivity contribution in [1.82, 2.24) is 5.32 Å². The molecular weight excluding hydrogens is 268 g/mol. The Bertz CT molecular complexity index is 514. The van der Waals surface area contributed by atoms with Crippen LogP contribution in [-0.4, -0.2) is 29.6 Å². The number of aryl methyl sites for hydroxylation is 2. The number of carboxylic acid groups (broad SMARTS) is 1. The Morgan fingerprint density at radius 1 is 1.29 bits per heavy atom. The summed E-state index contributed by atoms with van der Waals surface area (Å²) in [5, 5.41) is 14.8. The molecule has 0 aliphatic heterocycles. The van der Waals surface area contributed by atoms with E-state index in [2.05, 4.69) is 10.6 Å². The Hall–Kier alpha value is -1.88. The van der Waals surface area contributed by atoms with Crippen LogP contribution in [0.2, 0.25) is 0 Å². The first-order valence-corrected chi connectivity index (χ1v) is 7.18. The van der Waals surface area contributed by atoms with E-state index in [1.165, 1.54) is 0 Å². The fourth-order valence-electron chi connectivity index (χ4n) is 2.04. The summed E-state index contributed by atoms with van der Waals surface area (Å²) in [7, 11) is 0. The second-order valence-corrected chi connectivity index (χ2v) is 5.45. The van der Waals surface area contributed by atoms with E-state index < -0.39 is 12.0 Å². The van der Waals surface area contributed by atoms with Gasteiger partial charge in [-0.25, -0.2) is 0 Å². The number of amides is 1. The van der Waals surface area contributed by atoms with Gasteiger partial charge in [0.05, 0.1) is 6.54 Å². The molecule has 0 aliphatic carbocycles. The van der Waals surface area contributed by atoms with Crippen molar-refractivity contribution in [3.05, 3.63) is 29.3 Å². The monoisotopic (exact) mass is 292 g/mol. The Kier molecular flexibility index (Phi) is 6.37. The summed E-state index contributed by atoms with van der Waals surface area (Å²) in [6.07, 6.45) is 0.739. The van der Waals surface area contributed by atoms with Gasteiger partial charge in [-0.1, -0.05) is 32.4 Å². The Labute approximate surface area is 125 Å². The highest BCUT2D eigenvalue weighted by atomic mass is 16.4. The predicted octanol–water partition coefficient (Wildman–Crippen LogP) is 2.33. The number of benzene rings is 1. The third-order valence-electron chi connectivity index (χ3n) is 3.63. The number of hydrogen-bond donors (Lipinski definition) is 3. The SMILES string of the molecule is CC[C@H](C)[C@H](NCC(=O)Nc1cc(C)ccc1C)C(=O)O. The zero-order chi connectivity index (χ0) is 16.0. The summed E-state index contributed by atoms with van der Waals surface area (Å²) < 4.78 is 0. The smallest absolute Gasteiger partial charge is 0.320 e. The van der Waals surface area contributed by atoms with Crippen LogP contribution >= 0.6 is 0 Å². The molecule has 0 saturated carbocycles. The molecular formula is C16H24N2O3. The standard InChI is InChI=1S/C16H24N2O3/c1-5-11(3)15(16(20)21)17-9-14(19)18-13-8-10(2)6-7-12(13)4/h6-8,11,15,17H,5,9H2,1-4H3,(H,18,19)(H,20,21)/t11-,15-/m0/s1. The van der Waals surface area contributed by atoms with E-state index >= 15 is 0 Å². The summed E-state index contributed by atoms with van der Waals surface area (Å²) in [6, 6.07) is 5.11. The molecule has 0 fully saturated rings. The Morgan fingerprint density at radius 2 is 1.95 bits per heavy atom. The van der Waals surface area contributed by atoms with Gasteiger partial charge in [-0.3, -0.25) is 14.9 Å². The number of hydrogen-bond acceptors (Lipinski definition) is 3. The minimum absolute atomic E-state index is 0.0192. The first-order chi connectivity index (χ1) is 9.85. The molecule has 0 heterocycles. The van der Waals surface area contributed by atoms with E-state index in [0.29, 0.717) is 0 Å². The van der Waals surface area contributed by atoms with Crippen molar-refractivity contribution < 1.29 is 14.7 Å². The second kappa shape index (κ2) is 7.78. The van der Waals surface area contributed by atoms with E-state index in [1.807, 2.05) is 45.9 Å². The highest BCUT2D eigenvalue weighted by Crippen LogP contribution is 2.16. The van der Waals surface area contributed by atoms with Crippen molar-refractivity contribution in [3.63, 3.8) is 0 Å². The Morgan fingerprint density at radius 3 is 2.52 bits per heavy atom. The number of nitrogens with one attached hydrogen (secondary N) is 2. The van der Waals surface area contributed by atoms with Gasteiger partial charge >= 0.3 is 5.97 Å². The molecule has 1 rings (SSSR count). The lowest BCUT2D eigenvalue weighted by atomic mass is 9.99. The summed E-state index contributed by atoms with van der Waals surface area (Å²) in [5.74, 6) is -1.20. The quantitative estimate of drug-likeness (QED) is 0.720. The van der Waals surface area contributed by atoms with Crippen molar-refractivity contribution in [2.45, 2.75) is 40.2 Å². The number of carbonyl (C=O) groups is 2. The van der Waals surface area contributed by atoms with Crippen LogP contribution in [0.3, 0.4) is 0 Å². The van der Waals surface area contributed by atoms with E-state index in [-0.39, 0.29) is 18.4 Å². The molecule has 1 aromatic rings. The van der Waals surface area contributed by atoms with Crippen molar-refractivity contribution in [1.29, 1.82) is 0 Å². The van der Waals surface area contributed by atoms with Crippen LogP contribution < -0.4 is 10.6 Å². The van der Waals surface area contributed by atoms with Crippen molar-refractivity contribution in [2.24, 2.45) is 5.92 Å². The molecule has 1 aromatic carbocycles. The van der Waals surface area contributed by atoms with Gasteiger partial charge in [0.15, 0.2) is 0 Å². The number of carboxylic acids is 1. The largest absolute Gasteiger partial charge is 0.480 e. The van der Waals surface area contributed by atoms with Gasteiger partial charge in [0, 0.05) is 5.69 Å². The first-order valence-electron chi connectivity index (χ1n) is 7.18. The molecule has 5 heteroatoms. The van der Waals surface area contributed by atoms with Crippen molar-refractivity contribution in [2.75, 3.05) is 11.9 Å². The van der Waals surface area contributed by atoms with Crippen LogP contribution in [0.25, 0.3) is 0 Å². The molecule has 0 radical (unpaired) electrons. The maximum atomic E-state index is 11.9. The van der Waals surface area contributed by atoms with E-state index in [0.717, 1.165) is 23.2 Å². The number of rotatable bonds is 7. The van der Waals surface area contributed by atoms with Crippen LogP contribution in [-0.2, 0) is 9.59 Å². The molecule has 116 valence electrons. The molecule has 0 saturated heterocycles. The number of carbonyl (C=O) groups excluding carboxylic acids is 1. The van der Waals surface area contributed by atoms with Crippen LogP contribution in [0.15, 0.2) is 18.2 Å². The zero-order valence-electron chi connectivity index (χ0n) is 13.1. The van der Waals surface area contributed by atoms with Crippen molar-refractivity contribution in [3.8, 4) is 0 Å². The lowest BCUT2D eigenvalue weighted by Crippen LogP contribution is -2.45. The summed E-state index contributed by atoms with van der Waals surface area (Å²) in [6.45, 7) is 7.64. The number of anilines is 1. The van der Waals surface area contributed by atoms with Gasteiger partial charge in [0.2, 0.25) is 5.91 Å². The number of aliphatic carboxylic acids is 1. The second-order valence-electron chi connectivity index (χ2n) is 5.45. The topological polar surface area (TPSA) is 78.4 Å². The molecule has 0 bridgehead atoms. The molecule has 0 aromatic heterocycles. The summed E-state index contributed by atoms with van der Waals surface area (Å²) >= 11 is 0. The van der Waals surface area contributed by atoms with Crippen LogP contribution in [0.1, 0.15) is 31.4 Å². The summed E-state index contributed by atoms with van der Waals surface area (Å²) in [4.78, 5) is 23.1. The maximum Gasteiger partial charge on any atom is 0.320 e. The van der Waals surface area contributed by atoms with Gasteiger partial charge in [-0.2, -0.15) is 0 Å². The molecule has 0 aliphatic rings. The zero-order valence-corrected chi connectivity index (χ0v) is 13.1. The van der Waals surface area contributed by atoms with Gasteiger partial charge in [0.1, 0.15) is 6.04 Å². The molecule has 21 heavy (non-hydrogen) atoms. The molecule has 0 spiro atoms. The average molecular weight is 292 g/mol. The fourth-order valence-corrected chi connectivity index (χ4v) is 2.04. The predicted molar refractivity (Wildman–Crippen MR) is 83.4 cm³/mol. The van der Waals surface area contributed by atoms with E-state index in [4.69, 9.17) is 5.11 Å². The van der Waals surface area contributed by atoms with Crippen molar-refractivity contribution >= 4 is 17.6 Å².